The fraction of sp³-hybridized carbons (Fsp3) is 0.750. The maximum atomic E-state index is 12.0. The number of hydrogen-bond donors (Lipinski definition) is 1. The van der Waals surface area contributed by atoms with Gasteiger partial charge in [0.15, 0.2) is 0 Å². The van der Waals surface area contributed by atoms with Gasteiger partial charge in [0.05, 0.1) is 0 Å². The average molecular weight is 420 g/mol. The van der Waals surface area contributed by atoms with Crippen molar-refractivity contribution in [3.05, 3.63) is 10.2 Å². The van der Waals surface area contributed by atoms with Crippen molar-refractivity contribution in [2.24, 2.45) is 5.92 Å². The summed E-state index contributed by atoms with van der Waals surface area (Å²) in [4.78, 5) is 30.3. The Morgan fingerprint density at radius 3 is 2.18 bits per heavy atom. The Bertz CT molecular complexity index is 407. The zero-order valence-electron chi connectivity index (χ0n) is 15.1. The van der Waals surface area contributed by atoms with Crippen molar-refractivity contribution in [1.29, 1.82) is 0 Å². The predicted molar refractivity (Wildman–Crippen MR) is 91.4 cm³/mol. The number of ether oxygens (including phenoxy) is 2. The number of carbonyl (C=O) groups excluding carboxylic acids is 2. The SMILES string of the molecule is COC(=O)C[C@@H](C)[C@H](/C=[CH]/[Sn]([CH3])([CH3])[CH3])NC(=O)OC(C)(C)C. The number of alkyl carbamates (subject to hydrolysis) is 1. The first-order valence-electron chi connectivity index (χ1n) is 7.60. The molecule has 0 unspecified atom stereocenters. The number of carbonyl (C=O) groups is 2. The van der Waals surface area contributed by atoms with E-state index < -0.39 is 30.1 Å². The molecule has 5 nitrogen and oxygen atoms in total. The summed E-state index contributed by atoms with van der Waals surface area (Å²) in [6.07, 6.45) is 1.79. The van der Waals surface area contributed by atoms with E-state index in [9.17, 15) is 9.59 Å². The van der Waals surface area contributed by atoms with E-state index in [0.717, 1.165) is 0 Å². The topological polar surface area (TPSA) is 64.6 Å². The van der Waals surface area contributed by atoms with E-state index in [2.05, 4.69) is 24.2 Å². The van der Waals surface area contributed by atoms with Crippen molar-refractivity contribution in [3.8, 4) is 0 Å². The number of rotatable bonds is 6. The molecular weight excluding hydrogens is 389 g/mol. The first kappa shape index (κ1) is 21.3. The predicted octanol–water partition coefficient (Wildman–Crippen LogP) is 3.51. The first-order chi connectivity index (χ1) is 9.84. The summed E-state index contributed by atoms with van der Waals surface area (Å²) < 4.78 is 12.2. The maximum absolute atomic E-state index is 12.0. The van der Waals surface area contributed by atoms with Gasteiger partial charge >= 0.3 is 139 Å². The molecule has 0 aliphatic carbocycles. The molecule has 0 heterocycles. The van der Waals surface area contributed by atoms with Gasteiger partial charge in [-0.2, -0.15) is 0 Å². The fourth-order valence-corrected chi connectivity index (χ4v) is 3.93. The van der Waals surface area contributed by atoms with Crippen LogP contribution in [0.4, 0.5) is 4.79 Å². The molecule has 0 aromatic heterocycles. The second kappa shape index (κ2) is 8.79. The molecular formula is C16H31NO4Sn. The summed E-state index contributed by atoms with van der Waals surface area (Å²) in [6.45, 7) is 7.38. The summed E-state index contributed by atoms with van der Waals surface area (Å²) in [5, 5.41) is 2.85. The van der Waals surface area contributed by atoms with Crippen molar-refractivity contribution in [2.75, 3.05) is 7.11 Å². The van der Waals surface area contributed by atoms with Gasteiger partial charge in [-0.25, -0.2) is 0 Å². The Morgan fingerprint density at radius 1 is 1.23 bits per heavy atom. The number of methoxy groups -OCH3 is 1. The van der Waals surface area contributed by atoms with Crippen LogP contribution in [0.5, 0.6) is 0 Å². The van der Waals surface area contributed by atoms with Crippen molar-refractivity contribution in [2.45, 2.75) is 60.6 Å². The summed E-state index contributed by atoms with van der Waals surface area (Å²) in [7, 11) is 1.37. The van der Waals surface area contributed by atoms with Crippen molar-refractivity contribution >= 4 is 30.4 Å². The molecule has 2 atom stereocenters. The van der Waals surface area contributed by atoms with Crippen molar-refractivity contribution in [1.82, 2.24) is 5.32 Å². The van der Waals surface area contributed by atoms with E-state index in [1.807, 2.05) is 33.8 Å². The van der Waals surface area contributed by atoms with E-state index in [-0.39, 0.29) is 24.3 Å². The second-order valence-corrected chi connectivity index (χ2v) is 22.1. The zero-order valence-corrected chi connectivity index (χ0v) is 18.0. The molecule has 1 amide bonds. The molecule has 0 aromatic rings. The third kappa shape index (κ3) is 10.9. The van der Waals surface area contributed by atoms with Gasteiger partial charge in [-0.15, -0.1) is 0 Å². The standard InChI is InChI=1S/C13H22NO4.3CH3.Sn/c1-7-10(9(2)8-11(15)17-6)14-12(16)18-13(3,4)5;;;;/h1,7,9-10H,8H2,2-6H3,(H,14,16);3*1H3;/t9-,10+;;;;/m1..../s1. The summed E-state index contributed by atoms with van der Waals surface area (Å²) >= 11 is -2.11. The van der Waals surface area contributed by atoms with Crippen LogP contribution in [0.25, 0.3) is 0 Å². The molecule has 22 heavy (non-hydrogen) atoms. The Hall–Kier alpha value is -0.721. The van der Waals surface area contributed by atoms with Crippen LogP contribution in [-0.4, -0.2) is 49.2 Å². The van der Waals surface area contributed by atoms with Crippen LogP contribution in [0.15, 0.2) is 10.2 Å². The van der Waals surface area contributed by atoms with Gasteiger partial charge in [-0.05, 0) is 0 Å². The number of nitrogens with one attached hydrogen (secondary N) is 1. The van der Waals surface area contributed by atoms with Crippen LogP contribution in [0.2, 0.25) is 14.8 Å². The van der Waals surface area contributed by atoms with Crippen LogP contribution in [0.3, 0.4) is 0 Å². The molecule has 1 N–H and O–H groups in total. The van der Waals surface area contributed by atoms with Crippen molar-refractivity contribution < 1.29 is 19.1 Å². The monoisotopic (exact) mass is 421 g/mol. The Labute approximate surface area is 138 Å². The molecule has 128 valence electrons. The van der Waals surface area contributed by atoms with Gasteiger partial charge in [-0.1, -0.05) is 0 Å². The molecule has 0 saturated heterocycles. The fourth-order valence-electron chi connectivity index (χ4n) is 1.69. The van der Waals surface area contributed by atoms with Gasteiger partial charge in [0.2, 0.25) is 0 Å². The number of hydrogen-bond acceptors (Lipinski definition) is 4. The Balaban J connectivity index is 4.97. The van der Waals surface area contributed by atoms with E-state index in [0.29, 0.717) is 0 Å². The van der Waals surface area contributed by atoms with Gasteiger partial charge < -0.3 is 0 Å². The summed E-state index contributed by atoms with van der Waals surface area (Å²) in [5.41, 5.74) is -0.548. The Morgan fingerprint density at radius 2 is 1.77 bits per heavy atom. The molecule has 0 fully saturated rings. The minimum atomic E-state index is -2.11. The molecule has 0 radical (unpaired) electrons. The van der Waals surface area contributed by atoms with Gasteiger partial charge in [0.1, 0.15) is 0 Å². The summed E-state index contributed by atoms with van der Waals surface area (Å²) in [6, 6.07) is -0.245. The molecule has 0 bridgehead atoms. The third-order valence-corrected chi connectivity index (χ3v) is 6.22. The van der Waals surface area contributed by atoms with Crippen LogP contribution in [0, 0.1) is 5.92 Å². The Kier molecular flexibility index (Phi) is 8.50. The first-order valence-corrected chi connectivity index (χ1v) is 17.8. The van der Waals surface area contributed by atoms with E-state index in [1.54, 1.807) is 0 Å². The molecule has 0 aromatic carbocycles. The van der Waals surface area contributed by atoms with E-state index in [1.165, 1.54) is 7.11 Å². The molecule has 0 saturated carbocycles. The molecule has 0 aliphatic rings. The van der Waals surface area contributed by atoms with Gasteiger partial charge in [-0.3, -0.25) is 0 Å². The minimum absolute atomic E-state index is 0.0649. The van der Waals surface area contributed by atoms with Crippen LogP contribution < -0.4 is 5.32 Å². The second-order valence-electron chi connectivity index (χ2n) is 7.65. The molecule has 0 rings (SSSR count). The van der Waals surface area contributed by atoms with Gasteiger partial charge in [0, 0.05) is 0 Å². The number of amides is 1. The van der Waals surface area contributed by atoms with Crippen LogP contribution >= 0.6 is 0 Å². The van der Waals surface area contributed by atoms with Gasteiger partial charge in [0.25, 0.3) is 0 Å². The van der Waals surface area contributed by atoms with Crippen molar-refractivity contribution in [3.63, 3.8) is 0 Å². The third-order valence-electron chi connectivity index (χ3n) is 2.82. The average Bonchev–Trinajstić information content (AvgIpc) is 2.30. The molecule has 6 heteroatoms. The van der Waals surface area contributed by atoms with E-state index >= 15 is 0 Å². The normalized spacial score (nSPS) is 15.3. The van der Waals surface area contributed by atoms with E-state index in [4.69, 9.17) is 9.47 Å². The molecule has 0 spiro atoms. The van der Waals surface area contributed by atoms with Crippen LogP contribution in [0.1, 0.15) is 34.1 Å². The quantitative estimate of drug-likeness (QED) is 0.528. The van der Waals surface area contributed by atoms with Crippen LogP contribution in [-0.2, 0) is 14.3 Å². The summed E-state index contributed by atoms with van der Waals surface area (Å²) in [5.74, 6) is -0.346. The molecule has 0 aliphatic heterocycles. The number of esters is 1. The zero-order chi connectivity index (χ0) is 17.6.